The minimum Gasteiger partial charge on any atom is -0.393 e. The molecule has 0 spiro atoms. The van der Waals surface area contributed by atoms with E-state index in [1.807, 2.05) is 0 Å². The summed E-state index contributed by atoms with van der Waals surface area (Å²) in [4.78, 5) is 20.3. The maximum absolute atomic E-state index is 11.6. The number of aliphatic hydroxyl groups is 1. The highest BCUT2D eigenvalue weighted by Gasteiger charge is 2.33. The van der Waals surface area contributed by atoms with Crippen molar-refractivity contribution in [2.45, 2.75) is 69.6 Å². The molecule has 2 aliphatic rings. The van der Waals surface area contributed by atoms with Gasteiger partial charge in [0.15, 0.2) is 0 Å². The average molecular weight is 319 g/mol. The number of anilines is 2. The van der Waals surface area contributed by atoms with Crippen LogP contribution in [0.3, 0.4) is 0 Å². The van der Waals surface area contributed by atoms with Crippen LogP contribution in [0.4, 0.5) is 11.8 Å². The fourth-order valence-corrected chi connectivity index (χ4v) is 3.25. The van der Waals surface area contributed by atoms with Crippen LogP contribution in [-0.2, 0) is 0 Å². The predicted molar refractivity (Wildman–Crippen MR) is 88.3 cm³/mol. The summed E-state index contributed by atoms with van der Waals surface area (Å²) in [6.45, 7) is 2.12. The molecule has 7 heteroatoms. The normalized spacial score (nSPS) is 26.2. The molecule has 0 radical (unpaired) electrons. The van der Waals surface area contributed by atoms with E-state index in [-0.39, 0.29) is 17.7 Å². The number of carbonyl (C=O) groups excluding carboxylic acids is 1. The zero-order chi connectivity index (χ0) is 16.4. The smallest absolute Gasteiger partial charge is 0.254 e. The summed E-state index contributed by atoms with van der Waals surface area (Å²) >= 11 is 0. The molecule has 3 rings (SSSR count). The molecule has 5 N–H and O–H groups in total. The Hall–Kier alpha value is -1.89. The van der Waals surface area contributed by atoms with E-state index in [9.17, 15) is 9.90 Å². The van der Waals surface area contributed by atoms with Gasteiger partial charge >= 0.3 is 0 Å². The number of hydrogen-bond donors (Lipinski definition) is 4. The molecule has 1 aromatic heterocycles. The molecule has 0 unspecified atom stereocenters. The molecule has 1 amide bonds. The second-order valence-corrected chi connectivity index (χ2v) is 7.01. The Morgan fingerprint density at radius 3 is 2.61 bits per heavy atom. The van der Waals surface area contributed by atoms with Gasteiger partial charge in [-0.3, -0.25) is 4.79 Å². The quantitative estimate of drug-likeness (QED) is 0.656. The van der Waals surface area contributed by atoms with Crippen molar-refractivity contribution in [3.8, 4) is 0 Å². The number of nitrogens with one attached hydrogen (secondary N) is 2. The summed E-state index contributed by atoms with van der Waals surface area (Å²) < 4.78 is 0. The van der Waals surface area contributed by atoms with Gasteiger partial charge in [-0.1, -0.05) is 0 Å². The molecule has 0 aliphatic heterocycles. The Bertz CT molecular complexity index is 580. The SMILES string of the molecule is CC1(Nc2nc(NC3CCC(O)CC3)ncc2C(N)=O)CCC1. The summed E-state index contributed by atoms with van der Waals surface area (Å²) in [5.74, 6) is 0.484. The molecule has 1 aromatic rings. The van der Waals surface area contributed by atoms with Crippen LogP contribution in [0.2, 0.25) is 0 Å². The van der Waals surface area contributed by atoms with E-state index in [1.165, 1.54) is 12.6 Å². The minimum atomic E-state index is -0.525. The number of rotatable bonds is 5. The van der Waals surface area contributed by atoms with Gasteiger partial charge in [0.25, 0.3) is 5.91 Å². The van der Waals surface area contributed by atoms with E-state index in [0.717, 1.165) is 38.5 Å². The molecule has 126 valence electrons. The third kappa shape index (κ3) is 3.72. The average Bonchev–Trinajstić information content (AvgIpc) is 2.48. The number of primary amides is 1. The third-order valence-electron chi connectivity index (χ3n) is 4.96. The van der Waals surface area contributed by atoms with Gasteiger partial charge in [-0.2, -0.15) is 4.98 Å². The van der Waals surface area contributed by atoms with Crippen LogP contribution in [0.15, 0.2) is 6.20 Å². The second kappa shape index (κ2) is 6.31. The van der Waals surface area contributed by atoms with E-state index in [4.69, 9.17) is 5.73 Å². The monoisotopic (exact) mass is 319 g/mol. The molecule has 0 atom stereocenters. The van der Waals surface area contributed by atoms with Gasteiger partial charge in [0.1, 0.15) is 5.82 Å². The lowest BCUT2D eigenvalue weighted by atomic mass is 9.78. The number of hydrogen-bond acceptors (Lipinski definition) is 6. The summed E-state index contributed by atoms with van der Waals surface area (Å²) in [5, 5.41) is 16.2. The van der Waals surface area contributed by atoms with Crippen molar-refractivity contribution in [3.05, 3.63) is 11.8 Å². The maximum atomic E-state index is 11.6. The van der Waals surface area contributed by atoms with Gasteiger partial charge < -0.3 is 21.5 Å². The Balaban J connectivity index is 1.75. The second-order valence-electron chi connectivity index (χ2n) is 7.01. The number of nitrogens with zero attached hydrogens (tertiary/aromatic N) is 2. The molecular formula is C16H25N5O2. The number of nitrogens with two attached hydrogens (primary N) is 1. The first kappa shape index (κ1) is 16.0. The lowest BCUT2D eigenvalue weighted by Crippen LogP contribution is -2.42. The fraction of sp³-hybridized carbons (Fsp3) is 0.688. The topological polar surface area (TPSA) is 113 Å². The number of aliphatic hydroxyl groups excluding tert-OH is 1. The zero-order valence-corrected chi connectivity index (χ0v) is 13.5. The van der Waals surface area contributed by atoms with Crippen molar-refractivity contribution < 1.29 is 9.90 Å². The van der Waals surface area contributed by atoms with Crippen LogP contribution >= 0.6 is 0 Å². The first-order valence-electron chi connectivity index (χ1n) is 8.35. The summed E-state index contributed by atoms with van der Waals surface area (Å²) in [7, 11) is 0. The van der Waals surface area contributed by atoms with Crippen molar-refractivity contribution in [1.82, 2.24) is 9.97 Å². The lowest BCUT2D eigenvalue weighted by Gasteiger charge is -2.40. The van der Waals surface area contributed by atoms with E-state index in [2.05, 4.69) is 27.5 Å². The molecule has 0 aromatic carbocycles. The van der Waals surface area contributed by atoms with Crippen LogP contribution in [0.5, 0.6) is 0 Å². The minimum absolute atomic E-state index is 0.0230. The van der Waals surface area contributed by atoms with Gasteiger partial charge in [0.2, 0.25) is 5.95 Å². The van der Waals surface area contributed by atoms with Gasteiger partial charge in [0, 0.05) is 17.8 Å². The molecule has 2 fully saturated rings. The lowest BCUT2D eigenvalue weighted by molar-refractivity contribution is 0.1000. The van der Waals surface area contributed by atoms with Crippen molar-refractivity contribution in [1.29, 1.82) is 0 Å². The van der Waals surface area contributed by atoms with E-state index in [1.54, 1.807) is 0 Å². The van der Waals surface area contributed by atoms with E-state index in [0.29, 0.717) is 17.3 Å². The largest absolute Gasteiger partial charge is 0.393 e. The van der Waals surface area contributed by atoms with Gasteiger partial charge in [-0.25, -0.2) is 4.98 Å². The van der Waals surface area contributed by atoms with Crippen LogP contribution in [-0.4, -0.2) is 38.7 Å². The van der Waals surface area contributed by atoms with Crippen molar-refractivity contribution in [3.63, 3.8) is 0 Å². The predicted octanol–water partition coefficient (Wildman–Crippen LogP) is 1.65. The Morgan fingerprint density at radius 1 is 1.35 bits per heavy atom. The van der Waals surface area contributed by atoms with Crippen molar-refractivity contribution >= 4 is 17.7 Å². The molecule has 23 heavy (non-hydrogen) atoms. The first-order chi connectivity index (χ1) is 11.0. The van der Waals surface area contributed by atoms with E-state index < -0.39 is 5.91 Å². The molecule has 0 saturated heterocycles. The highest BCUT2D eigenvalue weighted by atomic mass is 16.3. The number of carbonyl (C=O) groups is 1. The molecule has 1 heterocycles. The van der Waals surface area contributed by atoms with Gasteiger partial charge in [-0.05, 0) is 51.9 Å². The van der Waals surface area contributed by atoms with Crippen molar-refractivity contribution in [2.75, 3.05) is 10.6 Å². The van der Waals surface area contributed by atoms with Crippen LogP contribution in [0, 0.1) is 0 Å². The Labute approximate surface area is 136 Å². The molecular weight excluding hydrogens is 294 g/mol. The highest BCUT2D eigenvalue weighted by Crippen LogP contribution is 2.35. The third-order valence-corrected chi connectivity index (χ3v) is 4.96. The number of amides is 1. The van der Waals surface area contributed by atoms with Gasteiger partial charge in [0.05, 0.1) is 11.7 Å². The fourth-order valence-electron chi connectivity index (χ4n) is 3.25. The van der Waals surface area contributed by atoms with Gasteiger partial charge in [-0.15, -0.1) is 0 Å². The highest BCUT2D eigenvalue weighted by molar-refractivity contribution is 5.97. The summed E-state index contributed by atoms with van der Waals surface area (Å²) in [6.07, 6.45) is 7.94. The number of aromatic nitrogens is 2. The molecule has 2 saturated carbocycles. The van der Waals surface area contributed by atoms with Crippen LogP contribution < -0.4 is 16.4 Å². The van der Waals surface area contributed by atoms with E-state index >= 15 is 0 Å². The zero-order valence-electron chi connectivity index (χ0n) is 13.5. The first-order valence-corrected chi connectivity index (χ1v) is 8.35. The molecule has 7 nitrogen and oxygen atoms in total. The summed E-state index contributed by atoms with van der Waals surface area (Å²) in [5.41, 5.74) is 5.73. The Kier molecular flexibility index (Phi) is 4.39. The summed E-state index contributed by atoms with van der Waals surface area (Å²) in [6, 6.07) is 0.255. The standard InChI is InChI=1S/C16H25N5O2/c1-16(7-2-8-16)21-14-12(13(17)23)9-18-15(20-14)19-10-3-5-11(22)6-4-10/h9-11,22H,2-8H2,1H3,(H2,17,23)(H2,18,19,20,21). The van der Waals surface area contributed by atoms with Crippen LogP contribution in [0.1, 0.15) is 62.2 Å². The van der Waals surface area contributed by atoms with Crippen molar-refractivity contribution in [2.24, 2.45) is 5.73 Å². The molecule has 0 bridgehead atoms. The van der Waals surface area contributed by atoms with Crippen LogP contribution in [0.25, 0.3) is 0 Å². The molecule has 2 aliphatic carbocycles. The maximum Gasteiger partial charge on any atom is 0.254 e. The Morgan fingerprint density at radius 2 is 2.04 bits per heavy atom.